The number of imidazole rings is 1. The highest BCUT2D eigenvalue weighted by atomic mass is 16.1. The minimum Gasteiger partial charge on any atom is -0.294 e. The first kappa shape index (κ1) is 10.7. The molecule has 0 spiro atoms. The lowest BCUT2D eigenvalue weighted by Crippen LogP contribution is -2.08. The molecule has 4 nitrogen and oxygen atoms in total. The first-order valence-electron chi connectivity index (χ1n) is 5.66. The number of hydrogen-bond donors (Lipinski definition) is 0. The van der Waals surface area contributed by atoms with Gasteiger partial charge in [0.1, 0.15) is 17.0 Å². The van der Waals surface area contributed by atoms with E-state index >= 15 is 0 Å². The molecule has 4 heteroatoms. The SMILES string of the molecule is Cc1cccc2ncc(C(=O)c3ccccn3)n12. The molecular weight excluding hydrogens is 226 g/mol. The minimum absolute atomic E-state index is 0.114. The number of carbonyl (C=O) groups is 1. The molecule has 0 fully saturated rings. The van der Waals surface area contributed by atoms with Gasteiger partial charge in [0.25, 0.3) is 0 Å². The maximum Gasteiger partial charge on any atom is 0.229 e. The number of ketones is 1. The summed E-state index contributed by atoms with van der Waals surface area (Å²) in [5, 5.41) is 0. The van der Waals surface area contributed by atoms with Crippen LogP contribution in [0.4, 0.5) is 0 Å². The van der Waals surface area contributed by atoms with Crippen LogP contribution in [0.25, 0.3) is 5.65 Å². The Kier molecular flexibility index (Phi) is 2.41. The lowest BCUT2D eigenvalue weighted by atomic mass is 10.2. The Morgan fingerprint density at radius 1 is 1.11 bits per heavy atom. The average Bonchev–Trinajstić information content (AvgIpc) is 2.84. The van der Waals surface area contributed by atoms with Crippen molar-refractivity contribution in [3.63, 3.8) is 0 Å². The van der Waals surface area contributed by atoms with Crippen LogP contribution in [0, 0.1) is 6.92 Å². The van der Waals surface area contributed by atoms with Gasteiger partial charge < -0.3 is 0 Å². The van der Waals surface area contributed by atoms with E-state index in [2.05, 4.69) is 9.97 Å². The number of aromatic nitrogens is 3. The van der Waals surface area contributed by atoms with Crippen LogP contribution in [0.5, 0.6) is 0 Å². The monoisotopic (exact) mass is 237 g/mol. The molecule has 0 unspecified atom stereocenters. The Bertz CT molecular complexity index is 716. The van der Waals surface area contributed by atoms with Crippen molar-refractivity contribution in [3.05, 3.63) is 65.9 Å². The molecule has 3 heterocycles. The van der Waals surface area contributed by atoms with Crippen LogP contribution in [0.3, 0.4) is 0 Å². The fourth-order valence-corrected chi connectivity index (χ4v) is 1.99. The van der Waals surface area contributed by atoms with Crippen molar-refractivity contribution in [2.45, 2.75) is 6.92 Å². The van der Waals surface area contributed by atoms with Gasteiger partial charge >= 0.3 is 0 Å². The Morgan fingerprint density at radius 3 is 2.78 bits per heavy atom. The maximum atomic E-state index is 12.4. The van der Waals surface area contributed by atoms with Gasteiger partial charge in [0.15, 0.2) is 0 Å². The van der Waals surface area contributed by atoms with Gasteiger partial charge in [-0.2, -0.15) is 0 Å². The number of carbonyl (C=O) groups excluding carboxylic acids is 1. The zero-order chi connectivity index (χ0) is 12.5. The van der Waals surface area contributed by atoms with Crippen LogP contribution in [0.15, 0.2) is 48.8 Å². The standard InChI is InChI=1S/C14H11N3O/c1-10-5-4-7-13-16-9-12(17(10)13)14(18)11-6-2-3-8-15-11/h2-9H,1H3. The molecule has 0 atom stereocenters. The van der Waals surface area contributed by atoms with Crippen molar-refractivity contribution >= 4 is 11.4 Å². The van der Waals surface area contributed by atoms with Crippen molar-refractivity contribution < 1.29 is 4.79 Å². The molecule has 88 valence electrons. The van der Waals surface area contributed by atoms with E-state index in [4.69, 9.17) is 0 Å². The first-order chi connectivity index (χ1) is 8.77. The van der Waals surface area contributed by atoms with Gasteiger partial charge in [-0.3, -0.25) is 14.2 Å². The maximum absolute atomic E-state index is 12.4. The van der Waals surface area contributed by atoms with Gasteiger partial charge in [-0.25, -0.2) is 4.98 Å². The Morgan fingerprint density at radius 2 is 2.00 bits per heavy atom. The van der Waals surface area contributed by atoms with Gasteiger partial charge in [-0.05, 0) is 31.2 Å². The molecule has 0 N–H and O–H groups in total. The molecule has 0 saturated heterocycles. The normalized spacial score (nSPS) is 10.7. The van der Waals surface area contributed by atoms with Crippen LogP contribution in [0.1, 0.15) is 21.9 Å². The second kappa shape index (κ2) is 4.07. The zero-order valence-corrected chi connectivity index (χ0v) is 9.87. The van der Waals surface area contributed by atoms with Crippen LogP contribution < -0.4 is 0 Å². The average molecular weight is 237 g/mol. The second-order valence-corrected chi connectivity index (χ2v) is 4.05. The van der Waals surface area contributed by atoms with Gasteiger partial charge in [-0.15, -0.1) is 0 Å². The van der Waals surface area contributed by atoms with Gasteiger partial charge in [0.2, 0.25) is 5.78 Å². The summed E-state index contributed by atoms with van der Waals surface area (Å²) in [5.74, 6) is -0.114. The first-order valence-corrected chi connectivity index (χ1v) is 5.66. The Balaban J connectivity index is 2.19. The third-order valence-corrected chi connectivity index (χ3v) is 2.85. The summed E-state index contributed by atoms with van der Waals surface area (Å²) in [4.78, 5) is 20.7. The van der Waals surface area contributed by atoms with E-state index in [-0.39, 0.29) is 5.78 Å². The van der Waals surface area contributed by atoms with Gasteiger partial charge in [0.05, 0.1) is 6.20 Å². The molecule has 0 aliphatic heterocycles. The quantitative estimate of drug-likeness (QED) is 0.642. The molecular formula is C14H11N3O. The largest absolute Gasteiger partial charge is 0.294 e. The van der Waals surface area contributed by atoms with Gasteiger partial charge in [0, 0.05) is 11.9 Å². The number of rotatable bonds is 2. The third kappa shape index (κ3) is 1.59. The van der Waals surface area contributed by atoms with Crippen molar-refractivity contribution in [2.75, 3.05) is 0 Å². The Labute approximate surface area is 104 Å². The molecule has 18 heavy (non-hydrogen) atoms. The molecule has 0 amide bonds. The predicted octanol–water partition coefficient (Wildman–Crippen LogP) is 2.27. The van der Waals surface area contributed by atoms with E-state index < -0.39 is 0 Å². The summed E-state index contributed by atoms with van der Waals surface area (Å²) in [7, 11) is 0. The fraction of sp³-hybridized carbons (Fsp3) is 0.0714. The number of fused-ring (bicyclic) bond motifs is 1. The van der Waals surface area contributed by atoms with Crippen molar-refractivity contribution in [2.24, 2.45) is 0 Å². The fourth-order valence-electron chi connectivity index (χ4n) is 1.99. The van der Waals surface area contributed by atoms with E-state index in [0.717, 1.165) is 11.3 Å². The molecule has 0 aliphatic rings. The van der Waals surface area contributed by atoms with E-state index in [1.165, 1.54) is 0 Å². The van der Waals surface area contributed by atoms with Crippen LogP contribution in [-0.4, -0.2) is 20.2 Å². The molecule has 0 saturated carbocycles. The van der Waals surface area contributed by atoms with E-state index in [1.54, 1.807) is 30.6 Å². The summed E-state index contributed by atoms with van der Waals surface area (Å²) in [5.41, 5.74) is 2.72. The number of aryl methyl sites for hydroxylation is 1. The zero-order valence-electron chi connectivity index (χ0n) is 9.87. The van der Waals surface area contributed by atoms with Crippen LogP contribution in [-0.2, 0) is 0 Å². The summed E-state index contributed by atoms with van der Waals surface area (Å²) in [6.07, 6.45) is 3.21. The number of pyridine rings is 2. The predicted molar refractivity (Wildman–Crippen MR) is 67.6 cm³/mol. The highest BCUT2D eigenvalue weighted by molar-refractivity contribution is 6.06. The molecule has 3 rings (SSSR count). The van der Waals surface area contributed by atoms with E-state index in [0.29, 0.717) is 11.4 Å². The number of nitrogens with zero attached hydrogens (tertiary/aromatic N) is 3. The summed E-state index contributed by atoms with van der Waals surface area (Å²) >= 11 is 0. The molecule has 3 aromatic rings. The van der Waals surface area contributed by atoms with Crippen molar-refractivity contribution in [1.82, 2.24) is 14.4 Å². The van der Waals surface area contributed by atoms with Crippen molar-refractivity contribution in [3.8, 4) is 0 Å². The smallest absolute Gasteiger partial charge is 0.229 e. The summed E-state index contributed by atoms with van der Waals surface area (Å²) < 4.78 is 1.84. The highest BCUT2D eigenvalue weighted by Crippen LogP contribution is 2.13. The van der Waals surface area contributed by atoms with Crippen LogP contribution >= 0.6 is 0 Å². The molecule has 0 aliphatic carbocycles. The summed E-state index contributed by atoms with van der Waals surface area (Å²) in [6, 6.07) is 11.0. The topological polar surface area (TPSA) is 47.3 Å². The van der Waals surface area contributed by atoms with E-state index in [9.17, 15) is 4.79 Å². The third-order valence-electron chi connectivity index (χ3n) is 2.85. The van der Waals surface area contributed by atoms with Gasteiger partial charge in [-0.1, -0.05) is 12.1 Å². The second-order valence-electron chi connectivity index (χ2n) is 4.05. The number of hydrogen-bond acceptors (Lipinski definition) is 3. The summed E-state index contributed by atoms with van der Waals surface area (Å²) in [6.45, 7) is 1.95. The van der Waals surface area contributed by atoms with Crippen molar-refractivity contribution in [1.29, 1.82) is 0 Å². The molecule has 0 aromatic carbocycles. The highest BCUT2D eigenvalue weighted by Gasteiger charge is 2.15. The lowest BCUT2D eigenvalue weighted by Gasteiger charge is -2.03. The molecule has 0 bridgehead atoms. The molecule has 0 radical (unpaired) electrons. The van der Waals surface area contributed by atoms with E-state index in [1.807, 2.05) is 29.5 Å². The van der Waals surface area contributed by atoms with Crippen LogP contribution in [0.2, 0.25) is 0 Å². The Hall–Kier alpha value is -2.49. The lowest BCUT2D eigenvalue weighted by molar-refractivity contribution is 0.102. The molecule has 3 aromatic heterocycles. The minimum atomic E-state index is -0.114.